The molecule has 0 aliphatic carbocycles. The molecule has 0 spiro atoms. The molecule has 0 aliphatic heterocycles. The highest BCUT2D eigenvalue weighted by Crippen LogP contribution is 2.27. The first kappa shape index (κ1) is 21.4. The molecular formula is C22H22F2N6O2. The van der Waals surface area contributed by atoms with Crippen molar-refractivity contribution in [3.05, 3.63) is 64.5 Å². The molecular weight excluding hydrogens is 418 g/mol. The largest absolute Gasteiger partial charge is 0.466 e. The van der Waals surface area contributed by atoms with Gasteiger partial charge in [0.1, 0.15) is 17.5 Å². The molecule has 0 aliphatic rings. The minimum absolute atomic E-state index is 0.0387. The van der Waals surface area contributed by atoms with Gasteiger partial charge in [-0.3, -0.25) is 4.79 Å². The number of ether oxygens (including phenoxy) is 1. The van der Waals surface area contributed by atoms with Gasteiger partial charge in [0.15, 0.2) is 12.3 Å². The van der Waals surface area contributed by atoms with E-state index in [9.17, 15) is 13.6 Å². The van der Waals surface area contributed by atoms with Crippen LogP contribution < -0.4 is 10.1 Å². The van der Waals surface area contributed by atoms with Crippen LogP contribution in [0.25, 0.3) is 11.0 Å². The van der Waals surface area contributed by atoms with Gasteiger partial charge < -0.3 is 10.1 Å². The lowest BCUT2D eigenvalue weighted by Crippen LogP contribution is -2.23. The number of benzene rings is 1. The second-order valence-electron chi connectivity index (χ2n) is 7.61. The normalized spacial score (nSPS) is 11.2. The number of aromatic nitrogens is 5. The molecule has 4 aromatic rings. The van der Waals surface area contributed by atoms with E-state index in [0.29, 0.717) is 22.9 Å². The number of rotatable bonds is 6. The summed E-state index contributed by atoms with van der Waals surface area (Å²) in [6.07, 6.45) is 1.54. The van der Waals surface area contributed by atoms with Crippen molar-refractivity contribution in [3.8, 4) is 5.88 Å². The van der Waals surface area contributed by atoms with E-state index in [1.807, 2.05) is 19.9 Å². The summed E-state index contributed by atoms with van der Waals surface area (Å²) in [5.74, 6) is -0.851. The molecule has 0 fully saturated rings. The maximum atomic E-state index is 14.0. The third-order valence-corrected chi connectivity index (χ3v) is 5.03. The van der Waals surface area contributed by atoms with Crippen LogP contribution in [0.2, 0.25) is 0 Å². The zero-order chi connectivity index (χ0) is 23.0. The smallest absolute Gasteiger partial charge is 0.263 e. The highest BCUT2D eigenvalue weighted by molar-refractivity contribution is 5.92. The Kier molecular flexibility index (Phi) is 5.60. The van der Waals surface area contributed by atoms with Crippen molar-refractivity contribution in [2.45, 2.75) is 27.3 Å². The van der Waals surface area contributed by atoms with Gasteiger partial charge in [-0.05, 0) is 50.6 Å². The van der Waals surface area contributed by atoms with Crippen LogP contribution in [0, 0.1) is 32.4 Å². The van der Waals surface area contributed by atoms with Gasteiger partial charge in [-0.25, -0.2) is 23.1 Å². The van der Waals surface area contributed by atoms with Crippen molar-refractivity contribution < 1.29 is 18.3 Å². The Balaban J connectivity index is 1.49. The summed E-state index contributed by atoms with van der Waals surface area (Å²) in [6.45, 7) is 5.25. The third kappa shape index (κ3) is 4.16. The van der Waals surface area contributed by atoms with E-state index in [1.54, 1.807) is 18.7 Å². The predicted octanol–water partition coefficient (Wildman–Crippen LogP) is 3.43. The van der Waals surface area contributed by atoms with E-state index in [-0.39, 0.29) is 18.7 Å². The van der Waals surface area contributed by atoms with Gasteiger partial charge >= 0.3 is 0 Å². The number of carbonyl (C=O) groups is 1. The van der Waals surface area contributed by atoms with Crippen molar-refractivity contribution in [2.75, 3.05) is 11.9 Å². The molecule has 166 valence electrons. The third-order valence-electron chi connectivity index (χ3n) is 5.03. The summed E-state index contributed by atoms with van der Waals surface area (Å²) < 4.78 is 36.2. The zero-order valence-corrected chi connectivity index (χ0v) is 18.1. The highest BCUT2D eigenvalue weighted by atomic mass is 19.1. The number of nitrogens with one attached hydrogen (secondary N) is 1. The van der Waals surface area contributed by atoms with Crippen LogP contribution in [0.1, 0.15) is 22.4 Å². The maximum absolute atomic E-state index is 14.0. The Labute approximate surface area is 182 Å². The van der Waals surface area contributed by atoms with Gasteiger partial charge in [-0.15, -0.1) is 5.10 Å². The number of halogens is 2. The Morgan fingerprint density at radius 3 is 2.72 bits per heavy atom. The van der Waals surface area contributed by atoms with E-state index in [2.05, 4.69) is 20.5 Å². The van der Waals surface area contributed by atoms with Crippen LogP contribution in [0.15, 0.2) is 30.5 Å². The maximum Gasteiger partial charge on any atom is 0.263 e. The fourth-order valence-corrected chi connectivity index (χ4v) is 3.54. The summed E-state index contributed by atoms with van der Waals surface area (Å²) in [4.78, 5) is 17.1. The van der Waals surface area contributed by atoms with Crippen LogP contribution in [-0.4, -0.2) is 37.1 Å². The molecule has 0 radical (unpaired) electrons. The second kappa shape index (κ2) is 8.37. The number of anilines is 1. The molecule has 32 heavy (non-hydrogen) atoms. The van der Waals surface area contributed by atoms with Crippen LogP contribution >= 0.6 is 0 Å². The summed E-state index contributed by atoms with van der Waals surface area (Å²) in [5, 5.41) is 12.0. The predicted molar refractivity (Wildman–Crippen MR) is 115 cm³/mol. The Morgan fingerprint density at radius 1 is 1.16 bits per heavy atom. The van der Waals surface area contributed by atoms with Gasteiger partial charge in [-0.1, -0.05) is 0 Å². The molecule has 0 bridgehead atoms. The zero-order valence-electron chi connectivity index (χ0n) is 18.1. The van der Waals surface area contributed by atoms with Crippen LogP contribution in [-0.2, 0) is 18.4 Å². The van der Waals surface area contributed by atoms with Crippen LogP contribution in [0.5, 0.6) is 5.88 Å². The first-order chi connectivity index (χ1) is 15.2. The van der Waals surface area contributed by atoms with Gasteiger partial charge in [0, 0.05) is 23.9 Å². The van der Waals surface area contributed by atoms with Crippen LogP contribution in [0.3, 0.4) is 0 Å². The summed E-state index contributed by atoms with van der Waals surface area (Å²) in [6, 6.07) is 5.13. The SMILES string of the molecule is Cc1cc(C)c2c(OCC(=O)Nc3c(C)cnn3Cc3cc(F)ccc3F)nn(C)c2n1. The molecule has 10 heteroatoms. The summed E-state index contributed by atoms with van der Waals surface area (Å²) >= 11 is 0. The molecule has 3 heterocycles. The summed E-state index contributed by atoms with van der Waals surface area (Å²) in [7, 11) is 1.76. The van der Waals surface area contributed by atoms with Crippen molar-refractivity contribution in [3.63, 3.8) is 0 Å². The average Bonchev–Trinajstić information content (AvgIpc) is 3.23. The number of fused-ring (bicyclic) bond motifs is 1. The van der Waals surface area contributed by atoms with Gasteiger partial charge in [0.05, 0.1) is 18.1 Å². The minimum Gasteiger partial charge on any atom is -0.466 e. The Hall–Kier alpha value is -3.82. The molecule has 0 unspecified atom stereocenters. The van der Waals surface area contributed by atoms with Crippen molar-refractivity contribution in [1.82, 2.24) is 24.5 Å². The van der Waals surface area contributed by atoms with Gasteiger partial charge in [0.25, 0.3) is 5.91 Å². The Bertz CT molecular complexity index is 1330. The number of nitrogens with zero attached hydrogens (tertiary/aromatic N) is 5. The van der Waals surface area contributed by atoms with Crippen molar-refractivity contribution in [2.24, 2.45) is 7.05 Å². The Morgan fingerprint density at radius 2 is 1.94 bits per heavy atom. The first-order valence-electron chi connectivity index (χ1n) is 9.93. The van der Waals surface area contributed by atoms with Gasteiger partial charge in [-0.2, -0.15) is 5.10 Å². The fraction of sp³-hybridized carbons (Fsp3) is 0.273. The van der Waals surface area contributed by atoms with Gasteiger partial charge in [0.2, 0.25) is 5.88 Å². The second-order valence-corrected chi connectivity index (χ2v) is 7.61. The standard InChI is InChI=1S/C22H22F2N6O2/c1-12-7-14(3)26-21-19(12)22(28-29(21)4)32-11-18(31)27-20-13(2)9-25-30(20)10-15-8-16(23)5-6-17(15)24/h5-9H,10-11H2,1-4H3,(H,27,31). The number of hydrogen-bond acceptors (Lipinski definition) is 5. The lowest BCUT2D eigenvalue weighted by atomic mass is 10.2. The number of amides is 1. The van der Waals surface area contributed by atoms with E-state index in [0.717, 1.165) is 34.8 Å². The van der Waals surface area contributed by atoms with Crippen LogP contribution in [0.4, 0.5) is 14.6 Å². The highest BCUT2D eigenvalue weighted by Gasteiger charge is 2.17. The molecule has 0 atom stereocenters. The minimum atomic E-state index is -0.554. The first-order valence-corrected chi connectivity index (χ1v) is 9.93. The molecule has 1 aromatic carbocycles. The molecule has 0 saturated carbocycles. The van der Waals surface area contributed by atoms with E-state index in [1.165, 1.54) is 10.9 Å². The lowest BCUT2D eigenvalue weighted by Gasteiger charge is -2.11. The number of hydrogen-bond donors (Lipinski definition) is 1. The number of aryl methyl sites for hydroxylation is 4. The lowest BCUT2D eigenvalue weighted by molar-refractivity contribution is -0.118. The van der Waals surface area contributed by atoms with E-state index in [4.69, 9.17) is 4.74 Å². The molecule has 1 N–H and O–H groups in total. The monoisotopic (exact) mass is 440 g/mol. The van der Waals surface area contributed by atoms with Crippen molar-refractivity contribution >= 4 is 22.8 Å². The molecule has 4 rings (SSSR count). The number of pyridine rings is 1. The van der Waals surface area contributed by atoms with E-state index < -0.39 is 17.5 Å². The molecule has 8 nitrogen and oxygen atoms in total. The molecule has 0 saturated heterocycles. The van der Waals surface area contributed by atoms with E-state index >= 15 is 0 Å². The molecule has 1 amide bonds. The fourth-order valence-electron chi connectivity index (χ4n) is 3.54. The quantitative estimate of drug-likeness (QED) is 0.496. The average molecular weight is 440 g/mol. The number of carbonyl (C=O) groups excluding carboxylic acids is 1. The topological polar surface area (TPSA) is 86.9 Å². The van der Waals surface area contributed by atoms with Crippen molar-refractivity contribution in [1.29, 1.82) is 0 Å². The molecule has 3 aromatic heterocycles. The summed E-state index contributed by atoms with van der Waals surface area (Å²) in [5.41, 5.74) is 3.28.